The van der Waals surface area contributed by atoms with Crippen molar-refractivity contribution in [2.45, 2.75) is 12.3 Å². The maximum atomic E-state index is 9.12. The SMILES string of the molecule is N#CCc1ccccc1C(c1ccccc1)c1ccccc1. The number of benzene rings is 3. The first-order chi connectivity index (χ1) is 10.9. The summed E-state index contributed by atoms with van der Waals surface area (Å²) in [4.78, 5) is 0. The fourth-order valence-electron chi connectivity index (χ4n) is 2.90. The van der Waals surface area contributed by atoms with Crippen LogP contribution in [0.25, 0.3) is 0 Å². The van der Waals surface area contributed by atoms with Crippen LogP contribution in [0.3, 0.4) is 0 Å². The lowest BCUT2D eigenvalue weighted by Gasteiger charge is -2.21. The molecule has 3 aromatic rings. The lowest BCUT2D eigenvalue weighted by molar-refractivity contribution is 0.953. The number of nitriles is 1. The summed E-state index contributed by atoms with van der Waals surface area (Å²) in [5.74, 6) is 0.159. The van der Waals surface area contributed by atoms with E-state index in [0.717, 1.165) is 5.56 Å². The molecule has 0 saturated heterocycles. The van der Waals surface area contributed by atoms with Crippen LogP contribution in [-0.4, -0.2) is 0 Å². The van der Waals surface area contributed by atoms with Gasteiger partial charge in [-0.15, -0.1) is 0 Å². The Kier molecular flexibility index (Phi) is 4.32. The van der Waals surface area contributed by atoms with Gasteiger partial charge < -0.3 is 0 Å². The molecule has 0 fully saturated rings. The smallest absolute Gasteiger partial charge is 0.0669 e. The van der Waals surface area contributed by atoms with Gasteiger partial charge in [-0.2, -0.15) is 5.26 Å². The van der Waals surface area contributed by atoms with Crippen molar-refractivity contribution in [3.05, 3.63) is 107 Å². The van der Waals surface area contributed by atoms with Crippen molar-refractivity contribution < 1.29 is 0 Å². The highest BCUT2D eigenvalue weighted by molar-refractivity contribution is 5.46. The lowest BCUT2D eigenvalue weighted by atomic mass is 9.82. The minimum Gasteiger partial charge on any atom is -0.198 e. The minimum absolute atomic E-state index is 0.159. The number of hydrogen-bond donors (Lipinski definition) is 0. The van der Waals surface area contributed by atoms with E-state index in [2.05, 4.69) is 72.8 Å². The third kappa shape index (κ3) is 2.92. The highest BCUT2D eigenvalue weighted by atomic mass is 14.3. The molecule has 1 nitrogen and oxygen atoms in total. The van der Waals surface area contributed by atoms with Gasteiger partial charge in [-0.05, 0) is 22.3 Å². The molecular formula is C21H17N. The highest BCUT2D eigenvalue weighted by Gasteiger charge is 2.18. The normalized spacial score (nSPS) is 10.4. The van der Waals surface area contributed by atoms with E-state index < -0.39 is 0 Å². The van der Waals surface area contributed by atoms with Gasteiger partial charge in [-0.1, -0.05) is 84.9 Å². The number of nitrogens with zero attached hydrogens (tertiary/aromatic N) is 1. The van der Waals surface area contributed by atoms with Gasteiger partial charge in [0.05, 0.1) is 12.5 Å². The summed E-state index contributed by atoms with van der Waals surface area (Å²) in [6, 6.07) is 31.5. The van der Waals surface area contributed by atoms with Crippen LogP contribution in [-0.2, 0) is 6.42 Å². The van der Waals surface area contributed by atoms with Crippen molar-refractivity contribution >= 4 is 0 Å². The van der Waals surface area contributed by atoms with E-state index in [0.29, 0.717) is 6.42 Å². The fourth-order valence-corrected chi connectivity index (χ4v) is 2.90. The standard InChI is InChI=1S/C21H17N/c22-16-15-17-9-7-8-14-20(17)21(18-10-3-1-4-11-18)19-12-5-2-6-13-19/h1-14,21H,15H2. The van der Waals surface area contributed by atoms with Gasteiger partial charge in [-0.25, -0.2) is 0 Å². The zero-order valence-corrected chi connectivity index (χ0v) is 12.3. The molecule has 0 aliphatic heterocycles. The van der Waals surface area contributed by atoms with Crippen molar-refractivity contribution in [3.8, 4) is 6.07 Å². The van der Waals surface area contributed by atoms with Crippen LogP contribution in [0.2, 0.25) is 0 Å². The largest absolute Gasteiger partial charge is 0.198 e. The number of hydrogen-bond acceptors (Lipinski definition) is 1. The zero-order valence-electron chi connectivity index (χ0n) is 12.3. The van der Waals surface area contributed by atoms with Gasteiger partial charge in [0.15, 0.2) is 0 Å². The summed E-state index contributed by atoms with van der Waals surface area (Å²) in [5.41, 5.74) is 4.81. The summed E-state index contributed by atoms with van der Waals surface area (Å²) >= 11 is 0. The van der Waals surface area contributed by atoms with Gasteiger partial charge in [-0.3, -0.25) is 0 Å². The average molecular weight is 283 g/mol. The van der Waals surface area contributed by atoms with Crippen LogP contribution >= 0.6 is 0 Å². The molecule has 0 saturated carbocycles. The van der Waals surface area contributed by atoms with E-state index in [-0.39, 0.29) is 5.92 Å². The first-order valence-electron chi connectivity index (χ1n) is 7.45. The molecule has 106 valence electrons. The summed E-state index contributed by atoms with van der Waals surface area (Å²) in [7, 11) is 0. The second-order valence-corrected chi connectivity index (χ2v) is 5.29. The molecule has 0 spiro atoms. The Morgan fingerprint density at radius 3 is 1.73 bits per heavy atom. The predicted octanol–water partition coefficient (Wildman–Crippen LogP) is 4.93. The molecule has 3 aromatic carbocycles. The summed E-state index contributed by atoms with van der Waals surface area (Å²) in [6.07, 6.45) is 0.437. The minimum atomic E-state index is 0.159. The van der Waals surface area contributed by atoms with Crippen LogP contribution in [0.4, 0.5) is 0 Å². The molecule has 0 N–H and O–H groups in total. The van der Waals surface area contributed by atoms with Gasteiger partial charge >= 0.3 is 0 Å². The first-order valence-corrected chi connectivity index (χ1v) is 7.45. The second-order valence-electron chi connectivity index (χ2n) is 5.29. The quantitative estimate of drug-likeness (QED) is 0.623. The first kappa shape index (κ1) is 14.1. The van der Waals surface area contributed by atoms with Crippen molar-refractivity contribution in [3.63, 3.8) is 0 Å². The Labute approximate surface area is 131 Å². The van der Waals surface area contributed by atoms with E-state index in [1.807, 2.05) is 18.2 Å². The third-order valence-electron chi connectivity index (χ3n) is 3.90. The zero-order chi connectivity index (χ0) is 15.2. The second kappa shape index (κ2) is 6.74. The molecule has 0 unspecified atom stereocenters. The molecular weight excluding hydrogens is 266 g/mol. The highest BCUT2D eigenvalue weighted by Crippen LogP contribution is 2.33. The van der Waals surface area contributed by atoms with E-state index in [1.165, 1.54) is 16.7 Å². The Balaban J connectivity index is 2.17. The van der Waals surface area contributed by atoms with Crippen molar-refractivity contribution in [1.82, 2.24) is 0 Å². The molecule has 0 atom stereocenters. The molecule has 0 aromatic heterocycles. The van der Waals surface area contributed by atoms with E-state index >= 15 is 0 Å². The van der Waals surface area contributed by atoms with Crippen molar-refractivity contribution in [1.29, 1.82) is 5.26 Å². The molecule has 0 aliphatic rings. The fraction of sp³-hybridized carbons (Fsp3) is 0.0952. The van der Waals surface area contributed by atoms with Crippen LogP contribution < -0.4 is 0 Å². The van der Waals surface area contributed by atoms with Crippen molar-refractivity contribution in [2.75, 3.05) is 0 Å². The lowest BCUT2D eigenvalue weighted by Crippen LogP contribution is -2.06. The molecule has 0 amide bonds. The van der Waals surface area contributed by atoms with E-state index in [4.69, 9.17) is 5.26 Å². The van der Waals surface area contributed by atoms with Gasteiger partial charge in [0.25, 0.3) is 0 Å². The molecule has 0 radical (unpaired) electrons. The van der Waals surface area contributed by atoms with Gasteiger partial charge in [0, 0.05) is 5.92 Å². The summed E-state index contributed by atoms with van der Waals surface area (Å²) in [5, 5.41) is 9.12. The molecule has 22 heavy (non-hydrogen) atoms. The molecule has 0 heterocycles. The van der Waals surface area contributed by atoms with Gasteiger partial charge in [0.1, 0.15) is 0 Å². The Morgan fingerprint density at radius 1 is 0.682 bits per heavy atom. The average Bonchev–Trinajstić information content (AvgIpc) is 2.59. The number of rotatable bonds is 4. The maximum absolute atomic E-state index is 9.12. The van der Waals surface area contributed by atoms with Gasteiger partial charge in [0.2, 0.25) is 0 Å². The predicted molar refractivity (Wildman–Crippen MR) is 89.6 cm³/mol. The monoisotopic (exact) mass is 283 g/mol. The van der Waals surface area contributed by atoms with Crippen LogP contribution in [0, 0.1) is 11.3 Å². The van der Waals surface area contributed by atoms with Crippen LogP contribution in [0.15, 0.2) is 84.9 Å². The maximum Gasteiger partial charge on any atom is 0.0669 e. The Morgan fingerprint density at radius 2 is 1.18 bits per heavy atom. The summed E-state index contributed by atoms with van der Waals surface area (Å²) in [6.45, 7) is 0. The van der Waals surface area contributed by atoms with Crippen molar-refractivity contribution in [2.24, 2.45) is 0 Å². The summed E-state index contributed by atoms with van der Waals surface area (Å²) < 4.78 is 0. The van der Waals surface area contributed by atoms with Crippen LogP contribution in [0.5, 0.6) is 0 Å². The molecule has 0 bridgehead atoms. The molecule has 1 heteroatoms. The van der Waals surface area contributed by atoms with E-state index in [9.17, 15) is 0 Å². The van der Waals surface area contributed by atoms with Crippen LogP contribution in [0.1, 0.15) is 28.2 Å². The Hall–Kier alpha value is -2.85. The van der Waals surface area contributed by atoms with E-state index in [1.54, 1.807) is 0 Å². The Bertz CT molecular complexity index is 730. The topological polar surface area (TPSA) is 23.8 Å². The molecule has 0 aliphatic carbocycles. The third-order valence-corrected chi connectivity index (χ3v) is 3.90. The molecule has 3 rings (SSSR count).